The zero-order chi connectivity index (χ0) is 19.1. The minimum Gasteiger partial charge on any atom is -0.423 e. The smallest absolute Gasteiger partial charge is 0.343 e. The molecule has 0 aliphatic heterocycles. The van der Waals surface area contributed by atoms with Gasteiger partial charge in [0.2, 0.25) is 0 Å². The van der Waals surface area contributed by atoms with E-state index < -0.39 is 0 Å². The fourth-order valence-corrected chi connectivity index (χ4v) is 2.91. The van der Waals surface area contributed by atoms with Crippen LogP contribution in [0, 0.1) is 5.82 Å². The highest BCUT2D eigenvalue weighted by molar-refractivity contribution is 5.91. The number of hydrogen-bond donors (Lipinski definition) is 0. The van der Waals surface area contributed by atoms with Crippen molar-refractivity contribution in [3.63, 3.8) is 0 Å². The Bertz CT molecular complexity index is 866. The minimum atomic E-state index is -0.371. The molecule has 0 aliphatic carbocycles. The predicted molar refractivity (Wildman–Crippen MR) is 106 cm³/mol. The molecular formula is C24H23FO2. The van der Waals surface area contributed by atoms with E-state index in [0.29, 0.717) is 11.3 Å². The van der Waals surface area contributed by atoms with Crippen molar-refractivity contribution in [2.24, 2.45) is 0 Å². The molecule has 3 aromatic carbocycles. The van der Waals surface area contributed by atoms with Gasteiger partial charge in [-0.3, -0.25) is 0 Å². The average molecular weight is 362 g/mol. The first kappa shape index (κ1) is 18.8. The second-order valence-electron chi connectivity index (χ2n) is 6.57. The van der Waals surface area contributed by atoms with E-state index in [9.17, 15) is 9.18 Å². The maximum atomic E-state index is 13.0. The lowest BCUT2D eigenvalue weighted by Gasteiger charge is -2.07. The number of esters is 1. The van der Waals surface area contributed by atoms with Gasteiger partial charge in [-0.15, -0.1) is 0 Å². The summed E-state index contributed by atoms with van der Waals surface area (Å²) in [7, 11) is 0. The second-order valence-corrected chi connectivity index (χ2v) is 6.57. The molecule has 0 saturated carbocycles. The maximum Gasteiger partial charge on any atom is 0.343 e. The fourth-order valence-electron chi connectivity index (χ4n) is 2.91. The Morgan fingerprint density at radius 1 is 0.815 bits per heavy atom. The molecule has 0 unspecified atom stereocenters. The molecule has 0 heterocycles. The summed E-state index contributed by atoms with van der Waals surface area (Å²) in [5.41, 5.74) is 3.62. The lowest BCUT2D eigenvalue weighted by molar-refractivity contribution is 0.0735. The zero-order valence-electron chi connectivity index (χ0n) is 15.5. The summed E-state index contributed by atoms with van der Waals surface area (Å²) in [5.74, 6) is -0.150. The van der Waals surface area contributed by atoms with Gasteiger partial charge < -0.3 is 4.74 Å². The molecule has 0 N–H and O–H groups in total. The predicted octanol–water partition coefficient (Wildman–Crippen LogP) is 6.44. The Morgan fingerprint density at radius 2 is 1.41 bits per heavy atom. The molecule has 0 atom stereocenters. The van der Waals surface area contributed by atoms with Crippen LogP contribution in [0.5, 0.6) is 5.75 Å². The Balaban J connectivity index is 1.61. The monoisotopic (exact) mass is 362 g/mol. The Morgan fingerprint density at radius 3 is 2.00 bits per heavy atom. The summed E-state index contributed by atoms with van der Waals surface area (Å²) in [6.07, 6.45) is 4.62. The molecule has 27 heavy (non-hydrogen) atoms. The molecule has 0 aliphatic rings. The number of ether oxygens (including phenoxy) is 1. The van der Waals surface area contributed by atoms with Crippen LogP contribution in [0.3, 0.4) is 0 Å². The molecule has 3 aromatic rings. The third-order valence-electron chi connectivity index (χ3n) is 4.50. The third kappa shape index (κ3) is 5.27. The van der Waals surface area contributed by atoms with Gasteiger partial charge in [0.1, 0.15) is 11.6 Å². The summed E-state index contributed by atoms with van der Waals surface area (Å²) in [6, 6.07) is 21.1. The van der Waals surface area contributed by atoms with E-state index in [1.807, 2.05) is 36.4 Å². The van der Waals surface area contributed by atoms with E-state index in [1.165, 1.54) is 37.0 Å². The Hall–Kier alpha value is -2.94. The van der Waals surface area contributed by atoms with Crippen molar-refractivity contribution in [1.29, 1.82) is 0 Å². The van der Waals surface area contributed by atoms with E-state index in [4.69, 9.17) is 4.74 Å². The van der Waals surface area contributed by atoms with E-state index in [0.717, 1.165) is 17.5 Å². The SMILES string of the molecule is CCCCCc1ccc(C(=O)Oc2ccc(-c3ccc(F)cc3)cc2)cc1. The molecule has 0 amide bonds. The number of rotatable bonds is 7. The van der Waals surface area contributed by atoms with Gasteiger partial charge in [0, 0.05) is 0 Å². The molecular weight excluding hydrogens is 339 g/mol. The van der Waals surface area contributed by atoms with E-state index >= 15 is 0 Å². The highest BCUT2D eigenvalue weighted by Gasteiger charge is 2.09. The topological polar surface area (TPSA) is 26.3 Å². The van der Waals surface area contributed by atoms with Gasteiger partial charge in [0.25, 0.3) is 0 Å². The number of unbranched alkanes of at least 4 members (excludes halogenated alkanes) is 2. The van der Waals surface area contributed by atoms with E-state index in [2.05, 4.69) is 6.92 Å². The van der Waals surface area contributed by atoms with E-state index in [-0.39, 0.29) is 11.8 Å². The van der Waals surface area contributed by atoms with Crippen molar-refractivity contribution in [2.75, 3.05) is 0 Å². The summed E-state index contributed by atoms with van der Waals surface area (Å²) >= 11 is 0. The molecule has 0 spiro atoms. The van der Waals surface area contributed by atoms with Crippen LogP contribution in [0.25, 0.3) is 11.1 Å². The first-order chi connectivity index (χ1) is 13.2. The Labute approximate surface area is 159 Å². The molecule has 0 radical (unpaired) electrons. The number of halogens is 1. The highest BCUT2D eigenvalue weighted by Crippen LogP contribution is 2.23. The van der Waals surface area contributed by atoms with Crippen molar-refractivity contribution >= 4 is 5.97 Å². The van der Waals surface area contributed by atoms with Gasteiger partial charge in [-0.2, -0.15) is 0 Å². The number of hydrogen-bond acceptors (Lipinski definition) is 2. The van der Waals surface area contributed by atoms with Crippen LogP contribution in [-0.2, 0) is 6.42 Å². The fraction of sp³-hybridized carbons (Fsp3) is 0.208. The summed E-state index contributed by atoms with van der Waals surface area (Å²) in [4.78, 5) is 12.3. The molecule has 3 rings (SSSR count). The Kier molecular flexibility index (Phi) is 6.37. The lowest BCUT2D eigenvalue weighted by atomic mass is 10.1. The summed E-state index contributed by atoms with van der Waals surface area (Å²) < 4.78 is 18.5. The quantitative estimate of drug-likeness (QED) is 0.274. The zero-order valence-corrected chi connectivity index (χ0v) is 15.5. The molecule has 2 nitrogen and oxygen atoms in total. The van der Waals surface area contributed by atoms with Crippen molar-refractivity contribution in [3.05, 3.63) is 89.7 Å². The third-order valence-corrected chi connectivity index (χ3v) is 4.50. The standard InChI is InChI=1S/C24H23FO2/c1-2-3-4-5-18-6-8-21(9-7-18)24(26)27-23-16-12-20(13-17-23)19-10-14-22(25)15-11-19/h6-17H,2-5H2,1H3. The van der Waals surface area contributed by atoms with Crippen LogP contribution in [0.2, 0.25) is 0 Å². The lowest BCUT2D eigenvalue weighted by Crippen LogP contribution is -2.08. The van der Waals surface area contributed by atoms with Crippen LogP contribution < -0.4 is 4.74 Å². The first-order valence-corrected chi connectivity index (χ1v) is 9.33. The van der Waals surface area contributed by atoms with Gasteiger partial charge in [-0.1, -0.05) is 56.2 Å². The number of carbonyl (C=O) groups excluding carboxylic acids is 1. The average Bonchev–Trinajstić information content (AvgIpc) is 2.70. The van der Waals surface area contributed by atoms with E-state index in [1.54, 1.807) is 24.3 Å². The molecule has 0 saturated heterocycles. The van der Waals surface area contributed by atoms with Crippen molar-refractivity contribution < 1.29 is 13.9 Å². The van der Waals surface area contributed by atoms with Gasteiger partial charge >= 0.3 is 5.97 Å². The van der Waals surface area contributed by atoms with Crippen LogP contribution in [-0.4, -0.2) is 5.97 Å². The maximum absolute atomic E-state index is 13.0. The van der Waals surface area contributed by atoms with Crippen LogP contribution in [0.15, 0.2) is 72.8 Å². The number of aryl methyl sites for hydroxylation is 1. The summed E-state index contributed by atoms with van der Waals surface area (Å²) in [5, 5.41) is 0. The largest absolute Gasteiger partial charge is 0.423 e. The number of benzene rings is 3. The minimum absolute atomic E-state index is 0.263. The number of carbonyl (C=O) groups is 1. The van der Waals surface area contributed by atoms with Crippen molar-refractivity contribution in [1.82, 2.24) is 0 Å². The van der Waals surface area contributed by atoms with Crippen molar-refractivity contribution in [3.8, 4) is 16.9 Å². The molecule has 0 bridgehead atoms. The van der Waals surface area contributed by atoms with Crippen LogP contribution >= 0.6 is 0 Å². The van der Waals surface area contributed by atoms with Crippen molar-refractivity contribution in [2.45, 2.75) is 32.6 Å². The van der Waals surface area contributed by atoms with Gasteiger partial charge in [-0.25, -0.2) is 9.18 Å². The van der Waals surface area contributed by atoms with Crippen LogP contribution in [0.4, 0.5) is 4.39 Å². The van der Waals surface area contributed by atoms with Crippen LogP contribution in [0.1, 0.15) is 42.1 Å². The molecule has 3 heteroatoms. The molecule has 0 fully saturated rings. The summed E-state index contributed by atoms with van der Waals surface area (Å²) in [6.45, 7) is 2.19. The van der Waals surface area contributed by atoms with Gasteiger partial charge in [0.05, 0.1) is 5.56 Å². The molecule has 0 aromatic heterocycles. The highest BCUT2D eigenvalue weighted by atomic mass is 19.1. The van der Waals surface area contributed by atoms with Gasteiger partial charge in [0.15, 0.2) is 0 Å². The first-order valence-electron chi connectivity index (χ1n) is 9.33. The molecule has 138 valence electrons. The van der Waals surface area contributed by atoms with Gasteiger partial charge in [-0.05, 0) is 65.9 Å². The normalized spacial score (nSPS) is 10.6. The second kappa shape index (κ2) is 9.13.